The topological polar surface area (TPSA) is 85.1 Å². The van der Waals surface area contributed by atoms with E-state index in [2.05, 4.69) is 15.9 Å². The first-order valence-corrected chi connectivity index (χ1v) is 8.46. The number of likely N-dealkylation sites (N-methyl/N-ethyl adjacent to an activating group) is 1. The Kier molecular flexibility index (Phi) is 8.00. The summed E-state index contributed by atoms with van der Waals surface area (Å²) >= 11 is 3.35. The minimum Gasteiger partial charge on any atom is -0.462 e. The molecule has 0 bridgehead atoms. The summed E-state index contributed by atoms with van der Waals surface area (Å²) in [6.45, 7) is 4.81. The van der Waals surface area contributed by atoms with Gasteiger partial charge in [0.25, 0.3) is 0 Å². The van der Waals surface area contributed by atoms with Crippen LogP contribution < -0.4 is 10.6 Å². The van der Waals surface area contributed by atoms with Crippen molar-refractivity contribution in [2.75, 3.05) is 51.0 Å². The second kappa shape index (κ2) is 9.48. The Hall–Kier alpha value is -1.80. The van der Waals surface area contributed by atoms with E-state index in [0.29, 0.717) is 23.2 Å². The van der Waals surface area contributed by atoms with Crippen molar-refractivity contribution in [2.24, 2.45) is 0 Å². The third kappa shape index (κ3) is 5.38. The summed E-state index contributed by atoms with van der Waals surface area (Å²) in [4.78, 5) is 28.0. The number of nitrogen functional groups attached to an aromatic ring is 1. The SMILES string of the molecule is CCOC(=O)c1c(N)cc(Br)cc1N(CCN(C)C)C(=O)OCC. The number of nitrogens with two attached hydrogens (primary N) is 1. The maximum absolute atomic E-state index is 12.4. The summed E-state index contributed by atoms with van der Waals surface area (Å²) in [5.41, 5.74) is 6.76. The number of amides is 1. The Morgan fingerprint density at radius 1 is 1.12 bits per heavy atom. The highest BCUT2D eigenvalue weighted by Crippen LogP contribution is 2.31. The molecule has 0 saturated heterocycles. The normalized spacial score (nSPS) is 10.6. The van der Waals surface area contributed by atoms with E-state index in [0.717, 1.165) is 0 Å². The van der Waals surface area contributed by atoms with Crippen LogP contribution in [0.15, 0.2) is 16.6 Å². The number of carbonyl (C=O) groups is 2. The number of esters is 1. The predicted octanol–water partition coefficient (Wildman–Crippen LogP) is 2.73. The molecule has 0 unspecified atom stereocenters. The van der Waals surface area contributed by atoms with Gasteiger partial charge in [-0.15, -0.1) is 0 Å². The molecule has 0 saturated carbocycles. The molecule has 0 atom stereocenters. The molecule has 0 aliphatic rings. The number of ether oxygens (including phenoxy) is 2. The summed E-state index contributed by atoms with van der Waals surface area (Å²) in [5, 5.41) is 0. The molecule has 0 spiro atoms. The van der Waals surface area contributed by atoms with Gasteiger partial charge in [0.15, 0.2) is 0 Å². The summed E-state index contributed by atoms with van der Waals surface area (Å²) < 4.78 is 10.9. The molecular weight excluding hydrogens is 378 g/mol. The van der Waals surface area contributed by atoms with E-state index < -0.39 is 12.1 Å². The number of hydrogen-bond donors (Lipinski definition) is 1. The highest BCUT2D eigenvalue weighted by Gasteiger charge is 2.26. The van der Waals surface area contributed by atoms with Crippen LogP contribution in [0.1, 0.15) is 24.2 Å². The standard InChI is InChI=1S/C16H24BrN3O4/c1-5-23-15(21)14-12(18)9-11(17)10-13(14)20(8-7-19(3)4)16(22)24-6-2/h9-10H,5-8,18H2,1-4H3. The Bertz CT molecular complexity index is 593. The molecule has 24 heavy (non-hydrogen) atoms. The molecule has 0 aromatic heterocycles. The molecule has 0 aliphatic carbocycles. The van der Waals surface area contributed by atoms with E-state index in [1.807, 2.05) is 19.0 Å². The van der Waals surface area contributed by atoms with E-state index in [1.54, 1.807) is 26.0 Å². The number of halogens is 1. The zero-order valence-electron chi connectivity index (χ0n) is 14.5. The molecule has 1 amide bonds. The molecule has 2 N–H and O–H groups in total. The molecular formula is C16H24BrN3O4. The summed E-state index contributed by atoms with van der Waals surface area (Å²) in [6, 6.07) is 3.26. The lowest BCUT2D eigenvalue weighted by Gasteiger charge is -2.26. The molecule has 1 aromatic rings. The number of anilines is 2. The van der Waals surface area contributed by atoms with Crippen LogP contribution in [0.5, 0.6) is 0 Å². The minimum absolute atomic E-state index is 0.159. The number of carbonyl (C=O) groups excluding carboxylic acids is 2. The fourth-order valence-electron chi connectivity index (χ4n) is 2.06. The van der Waals surface area contributed by atoms with Crippen LogP contribution in [0.3, 0.4) is 0 Å². The van der Waals surface area contributed by atoms with E-state index in [1.165, 1.54) is 4.90 Å². The first kappa shape index (κ1) is 20.2. The van der Waals surface area contributed by atoms with Gasteiger partial charge in [-0.1, -0.05) is 15.9 Å². The fraction of sp³-hybridized carbons (Fsp3) is 0.500. The molecule has 7 nitrogen and oxygen atoms in total. The van der Waals surface area contributed by atoms with Crippen molar-refractivity contribution in [3.8, 4) is 0 Å². The largest absolute Gasteiger partial charge is 0.462 e. The first-order valence-electron chi connectivity index (χ1n) is 7.66. The number of rotatable bonds is 7. The van der Waals surface area contributed by atoms with Crippen LogP contribution in [0, 0.1) is 0 Å². The van der Waals surface area contributed by atoms with Crippen LogP contribution in [-0.4, -0.2) is 57.4 Å². The second-order valence-corrected chi connectivity index (χ2v) is 6.18. The first-order chi connectivity index (χ1) is 11.3. The smallest absolute Gasteiger partial charge is 0.414 e. The molecule has 1 aromatic carbocycles. The van der Waals surface area contributed by atoms with Crippen molar-refractivity contribution in [2.45, 2.75) is 13.8 Å². The van der Waals surface area contributed by atoms with Crippen molar-refractivity contribution >= 4 is 39.4 Å². The summed E-state index contributed by atoms with van der Waals surface area (Å²) in [6.07, 6.45) is -0.539. The molecule has 1 rings (SSSR count). The summed E-state index contributed by atoms with van der Waals surface area (Å²) in [5.74, 6) is -0.573. The molecule has 0 fully saturated rings. The summed E-state index contributed by atoms with van der Waals surface area (Å²) in [7, 11) is 3.79. The highest BCUT2D eigenvalue weighted by molar-refractivity contribution is 9.10. The minimum atomic E-state index is -0.573. The maximum atomic E-state index is 12.4. The molecule has 134 valence electrons. The molecule has 8 heteroatoms. The van der Waals surface area contributed by atoms with E-state index >= 15 is 0 Å². The van der Waals surface area contributed by atoms with Gasteiger partial charge in [-0.2, -0.15) is 0 Å². The van der Waals surface area contributed by atoms with Crippen LogP contribution >= 0.6 is 15.9 Å². The number of nitrogens with zero attached hydrogens (tertiary/aromatic N) is 2. The van der Waals surface area contributed by atoms with Crippen molar-refractivity contribution in [3.05, 3.63) is 22.2 Å². The van der Waals surface area contributed by atoms with Gasteiger partial charge < -0.3 is 20.1 Å². The third-order valence-corrected chi connectivity index (χ3v) is 3.60. The molecule has 0 radical (unpaired) electrons. The Labute approximate surface area is 150 Å². The van der Waals surface area contributed by atoms with E-state index in [-0.39, 0.29) is 24.5 Å². The van der Waals surface area contributed by atoms with Gasteiger partial charge in [0.2, 0.25) is 0 Å². The van der Waals surface area contributed by atoms with Gasteiger partial charge >= 0.3 is 12.1 Å². The zero-order valence-corrected chi connectivity index (χ0v) is 16.1. The average Bonchev–Trinajstić information content (AvgIpc) is 2.46. The zero-order chi connectivity index (χ0) is 18.3. The van der Waals surface area contributed by atoms with Gasteiger partial charge in [-0.3, -0.25) is 4.90 Å². The van der Waals surface area contributed by atoms with Crippen LogP contribution in [0.25, 0.3) is 0 Å². The Morgan fingerprint density at radius 3 is 2.29 bits per heavy atom. The second-order valence-electron chi connectivity index (χ2n) is 5.26. The fourth-order valence-corrected chi connectivity index (χ4v) is 2.53. The number of benzene rings is 1. The van der Waals surface area contributed by atoms with Crippen molar-refractivity contribution in [1.82, 2.24) is 4.90 Å². The van der Waals surface area contributed by atoms with Crippen molar-refractivity contribution in [3.63, 3.8) is 0 Å². The quantitative estimate of drug-likeness (QED) is 0.558. The Morgan fingerprint density at radius 2 is 1.75 bits per heavy atom. The van der Waals surface area contributed by atoms with Gasteiger partial charge in [-0.05, 0) is 40.1 Å². The number of hydrogen-bond acceptors (Lipinski definition) is 6. The maximum Gasteiger partial charge on any atom is 0.414 e. The molecule has 0 aliphatic heterocycles. The van der Waals surface area contributed by atoms with Crippen LogP contribution in [0.4, 0.5) is 16.2 Å². The van der Waals surface area contributed by atoms with E-state index in [9.17, 15) is 9.59 Å². The van der Waals surface area contributed by atoms with Gasteiger partial charge in [-0.25, -0.2) is 9.59 Å². The van der Waals surface area contributed by atoms with Gasteiger partial charge in [0.1, 0.15) is 5.56 Å². The predicted molar refractivity (Wildman–Crippen MR) is 97.4 cm³/mol. The highest BCUT2D eigenvalue weighted by atomic mass is 79.9. The lowest BCUT2D eigenvalue weighted by Crippen LogP contribution is -2.38. The van der Waals surface area contributed by atoms with Gasteiger partial charge in [0, 0.05) is 23.2 Å². The van der Waals surface area contributed by atoms with E-state index in [4.69, 9.17) is 15.2 Å². The molecule has 0 heterocycles. The monoisotopic (exact) mass is 401 g/mol. The van der Waals surface area contributed by atoms with Crippen LogP contribution in [-0.2, 0) is 9.47 Å². The Balaban J connectivity index is 3.37. The lowest BCUT2D eigenvalue weighted by atomic mass is 10.1. The van der Waals surface area contributed by atoms with Crippen molar-refractivity contribution in [1.29, 1.82) is 0 Å². The van der Waals surface area contributed by atoms with Crippen molar-refractivity contribution < 1.29 is 19.1 Å². The van der Waals surface area contributed by atoms with Gasteiger partial charge in [0.05, 0.1) is 18.9 Å². The third-order valence-electron chi connectivity index (χ3n) is 3.14. The lowest BCUT2D eigenvalue weighted by molar-refractivity contribution is 0.0528. The average molecular weight is 402 g/mol. The van der Waals surface area contributed by atoms with Crippen LogP contribution in [0.2, 0.25) is 0 Å².